The second-order valence-electron chi connectivity index (χ2n) is 3.09. The predicted molar refractivity (Wildman–Crippen MR) is 55.2 cm³/mol. The largest absolute Gasteiger partial charge is 0.497 e. The molecule has 2 N–H and O–H groups in total. The third kappa shape index (κ3) is 2.12. The summed E-state index contributed by atoms with van der Waals surface area (Å²) in [5.74, 6) is 0.862. The average Bonchev–Trinajstić information content (AvgIpc) is 2.16. The molecule has 0 amide bonds. The summed E-state index contributed by atoms with van der Waals surface area (Å²) >= 11 is 0. The predicted octanol–water partition coefficient (Wildman–Crippen LogP) is 1.22. The monoisotopic (exact) mass is 180 g/mol. The Bertz CT molecular complexity index is 284. The summed E-state index contributed by atoms with van der Waals surface area (Å²) in [7, 11) is 5.65. The molecule has 0 radical (unpaired) electrons. The zero-order valence-corrected chi connectivity index (χ0v) is 8.37. The van der Waals surface area contributed by atoms with Gasteiger partial charge in [0, 0.05) is 32.4 Å². The van der Waals surface area contributed by atoms with Crippen LogP contribution in [0.15, 0.2) is 18.2 Å². The number of methoxy groups -OCH3 is 1. The molecule has 0 atom stereocenters. The van der Waals surface area contributed by atoms with E-state index < -0.39 is 0 Å². The van der Waals surface area contributed by atoms with E-state index in [9.17, 15) is 0 Å². The van der Waals surface area contributed by atoms with Gasteiger partial charge >= 0.3 is 0 Å². The fraction of sp³-hybridized carbons (Fsp3) is 0.400. The number of nitrogens with two attached hydrogens (primary N) is 1. The van der Waals surface area contributed by atoms with Crippen LogP contribution >= 0.6 is 0 Å². The van der Waals surface area contributed by atoms with E-state index >= 15 is 0 Å². The van der Waals surface area contributed by atoms with Crippen molar-refractivity contribution in [3.63, 3.8) is 0 Å². The van der Waals surface area contributed by atoms with Gasteiger partial charge < -0.3 is 15.4 Å². The molecule has 1 aromatic rings. The maximum atomic E-state index is 5.61. The third-order valence-corrected chi connectivity index (χ3v) is 1.99. The number of nitrogens with zero attached hydrogens (tertiary/aromatic N) is 1. The van der Waals surface area contributed by atoms with Gasteiger partial charge in [-0.15, -0.1) is 0 Å². The average molecular weight is 180 g/mol. The minimum atomic E-state index is 0.553. The maximum Gasteiger partial charge on any atom is 0.120 e. The van der Waals surface area contributed by atoms with Gasteiger partial charge in [0.15, 0.2) is 0 Å². The minimum absolute atomic E-state index is 0.553. The van der Waals surface area contributed by atoms with Gasteiger partial charge in [-0.25, -0.2) is 0 Å². The normalized spacial score (nSPS) is 9.85. The molecule has 0 saturated heterocycles. The van der Waals surface area contributed by atoms with Crippen LogP contribution in [0.5, 0.6) is 5.75 Å². The number of ether oxygens (including phenoxy) is 1. The highest BCUT2D eigenvalue weighted by molar-refractivity contribution is 5.56. The maximum absolute atomic E-state index is 5.61. The molecule has 0 aromatic heterocycles. The number of hydrogen-bond donors (Lipinski definition) is 1. The lowest BCUT2D eigenvalue weighted by Crippen LogP contribution is -2.13. The van der Waals surface area contributed by atoms with Crippen LogP contribution in [0.2, 0.25) is 0 Å². The number of benzene rings is 1. The Morgan fingerprint density at radius 2 is 2.08 bits per heavy atom. The van der Waals surface area contributed by atoms with Crippen LogP contribution < -0.4 is 15.4 Å². The van der Waals surface area contributed by atoms with Crippen molar-refractivity contribution in [2.45, 2.75) is 6.54 Å². The SMILES string of the molecule is COc1ccc(CN)c(N(C)C)c1. The first kappa shape index (κ1) is 9.86. The van der Waals surface area contributed by atoms with Crippen LogP contribution in [-0.4, -0.2) is 21.2 Å². The van der Waals surface area contributed by atoms with Crippen molar-refractivity contribution in [2.24, 2.45) is 5.73 Å². The number of rotatable bonds is 3. The summed E-state index contributed by atoms with van der Waals surface area (Å²) in [6.45, 7) is 0.553. The molecule has 0 aliphatic rings. The van der Waals surface area contributed by atoms with E-state index in [1.807, 2.05) is 37.2 Å². The highest BCUT2D eigenvalue weighted by Crippen LogP contribution is 2.23. The fourth-order valence-electron chi connectivity index (χ4n) is 1.26. The van der Waals surface area contributed by atoms with E-state index in [-0.39, 0.29) is 0 Å². The Hall–Kier alpha value is -1.22. The van der Waals surface area contributed by atoms with Gasteiger partial charge in [0.1, 0.15) is 5.75 Å². The standard InChI is InChI=1S/C10H16N2O/c1-12(2)10-6-9(13-3)5-4-8(10)7-11/h4-6H,7,11H2,1-3H3. The molecule has 1 aromatic carbocycles. The molecule has 0 heterocycles. The molecule has 0 aliphatic carbocycles. The van der Waals surface area contributed by atoms with Crippen molar-refractivity contribution in [1.82, 2.24) is 0 Å². The summed E-state index contributed by atoms with van der Waals surface area (Å²) in [5.41, 5.74) is 7.86. The van der Waals surface area contributed by atoms with Crippen LogP contribution in [-0.2, 0) is 6.54 Å². The van der Waals surface area contributed by atoms with Crippen molar-refractivity contribution in [3.8, 4) is 5.75 Å². The first-order valence-corrected chi connectivity index (χ1v) is 4.23. The van der Waals surface area contributed by atoms with Gasteiger partial charge in [0.25, 0.3) is 0 Å². The van der Waals surface area contributed by atoms with Crippen LogP contribution in [0, 0.1) is 0 Å². The Kier molecular flexibility index (Phi) is 3.14. The van der Waals surface area contributed by atoms with Crippen LogP contribution in [0.1, 0.15) is 5.56 Å². The van der Waals surface area contributed by atoms with Gasteiger partial charge in [0.05, 0.1) is 7.11 Å². The molecule has 3 nitrogen and oxygen atoms in total. The summed E-state index contributed by atoms with van der Waals surface area (Å²) in [6.07, 6.45) is 0. The van der Waals surface area contributed by atoms with Crippen molar-refractivity contribution in [1.29, 1.82) is 0 Å². The molecule has 0 saturated carbocycles. The molecule has 0 bridgehead atoms. The second-order valence-corrected chi connectivity index (χ2v) is 3.09. The van der Waals surface area contributed by atoms with Gasteiger partial charge in [-0.2, -0.15) is 0 Å². The summed E-state index contributed by atoms with van der Waals surface area (Å²) < 4.78 is 5.14. The van der Waals surface area contributed by atoms with E-state index in [4.69, 9.17) is 10.5 Å². The molecule has 72 valence electrons. The third-order valence-electron chi connectivity index (χ3n) is 1.99. The molecule has 13 heavy (non-hydrogen) atoms. The topological polar surface area (TPSA) is 38.5 Å². The lowest BCUT2D eigenvalue weighted by atomic mass is 10.1. The van der Waals surface area contributed by atoms with E-state index in [2.05, 4.69) is 0 Å². The second kappa shape index (κ2) is 4.14. The van der Waals surface area contributed by atoms with E-state index in [1.54, 1.807) is 7.11 Å². The van der Waals surface area contributed by atoms with E-state index in [1.165, 1.54) is 0 Å². The Morgan fingerprint density at radius 1 is 1.38 bits per heavy atom. The molecule has 3 heteroatoms. The first-order valence-electron chi connectivity index (χ1n) is 4.23. The van der Waals surface area contributed by atoms with Crippen LogP contribution in [0.3, 0.4) is 0 Å². The number of anilines is 1. The van der Waals surface area contributed by atoms with Gasteiger partial charge in [-0.3, -0.25) is 0 Å². The van der Waals surface area contributed by atoms with Crippen molar-refractivity contribution in [3.05, 3.63) is 23.8 Å². The van der Waals surface area contributed by atoms with E-state index in [0.717, 1.165) is 17.0 Å². The van der Waals surface area contributed by atoms with Crippen molar-refractivity contribution < 1.29 is 4.74 Å². The highest BCUT2D eigenvalue weighted by atomic mass is 16.5. The molecule has 0 fully saturated rings. The van der Waals surface area contributed by atoms with Gasteiger partial charge in [0.2, 0.25) is 0 Å². The quantitative estimate of drug-likeness (QED) is 0.760. The molecular weight excluding hydrogens is 164 g/mol. The van der Waals surface area contributed by atoms with E-state index in [0.29, 0.717) is 6.54 Å². The molecule has 1 rings (SSSR count). The Balaban J connectivity index is 3.10. The summed E-state index contributed by atoms with van der Waals surface area (Å²) in [5, 5.41) is 0. The number of hydrogen-bond acceptors (Lipinski definition) is 3. The molecule has 0 aliphatic heterocycles. The highest BCUT2D eigenvalue weighted by Gasteiger charge is 2.04. The van der Waals surface area contributed by atoms with Gasteiger partial charge in [-0.05, 0) is 11.6 Å². The van der Waals surface area contributed by atoms with Crippen LogP contribution in [0.25, 0.3) is 0 Å². The fourth-order valence-corrected chi connectivity index (χ4v) is 1.26. The molecular formula is C10H16N2O. The molecule has 0 spiro atoms. The summed E-state index contributed by atoms with van der Waals surface area (Å²) in [4.78, 5) is 2.03. The van der Waals surface area contributed by atoms with Crippen LogP contribution in [0.4, 0.5) is 5.69 Å². The van der Waals surface area contributed by atoms with Crippen molar-refractivity contribution >= 4 is 5.69 Å². The summed E-state index contributed by atoms with van der Waals surface area (Å²) in [6, 6.07) is 5.91. The lowest BCUT2D eigenvalue weighted by molar-refractivity contribution is 0.414. The van der Waals surface area contributed by atoms with Crippen molar-refractivity contribution in [2.75, 3.05) is 26.1 Å². The Morgan fingerprint density at radius 3 is 2.54 bits per heavy atom. The molecule has 0 unspecified atom stereocenters. The zero-order chi connectivity index (χ0) is 9.84. The van der Waals surface area contributed by atoms with Gasteiger partial charge in [-0.1, -0.05) is 6.07 Å². The Labute approximate surface area is 79.1 Å². The minimum Gasteiger partial charge on any atom is -0.497 e. The smallest absolute Gasteiger partial charge is 0.120 e. The zero-order valence-electron chi connectivity index (χ0n) is 8.37. The lowest BCUT2D eigenvalue weighted by Gasteiger charge is -2.17. The first-order chi connectivity index (χ1) is 6.19.